The lowest BCUT2D eigenvalue weighted by Crippen LogP contribution is -1.96. The molecule has 0 atom stereocenters. The van der Waals surface area contributed by atoms with E-state index in [1.807, 2.05) is 31.3 Å². The van der Waals surface area contributed by atoms with Crippen molar-refractivity contribution in [2.45, 2.75) is 0 Å². The van der Waals surface area contributed by atoms with Crippen LogP contribution >= 0.6 is 39.1 Å². The van der Waals surface area contributed by atoms with E-state index in [1.165, 1.54) is 0 Å². The van der Waals surface area contributed by atoms with Crippen LogP contribution in [0.4, 0.5) is 17.2 Å². The number of hydrogen-bond donors (Lipinski definition) is 2. The zero-order chi connectivity index (χ0) is 13.1. The lowest BCUT2D eigenvalue weighted by molar-refractivity contribution is 1.28. The van der Waals surface area contributed by atoms with Gasteiger partial charge in [0.05, 0.1) is 15.7 Å². The molecule has 2 aromatic rings. The molecule has 3 nitrogen and oxygen atoms in total. The topological polar surface area (TPSA) is 37.0 Å². The molecule has 0 amide bonds. The maximum absolute atomic E-state index is 6.17. The first-order valence-corrected chi connectivity index (χ1v) is 6.71. The Hall–Kier alpha value is -0.970. The molecule has 0 aliphatic rings. The van der Waals surface area contributed by atoms with Crippen molar-refractivity contribution < 1.29 is 0 Å². The van der Waals surface area contributed by atoms with Gasteiger partial charge in [0, 0.05) is 29.5 Å². The molecule has 0 radical (unpaired) electrons. The van der Waals surface area contributed by atoms with E-state index in [2.05, 4.69) is 31.5 Å². The fourth-order valence-corrected chi connectivity index (χ4v) is 2.24. The molecule has 0 bridgehead atoms. The number of nitrogens with zero attached hydrogens (tertiary/aromatic N) is 1. The average Bonchev–Trinajstić information content (AvgIpc) is 2.40. The molecule has 94 valence electrons. The molecule has 1 aromatic heterocycles. The van der Waals surface area contributed by atoms with Crippen LogP contribution in [-0.2, 0) is 0 Å². The van der Waals surface area contributed by atoms with Crippen LogP contribution in [0.15, 0.2) is 34.9 Å². The maximum Gasteiger partial charge on any atom is 0.127 e. The molecule has 0 saturated carbocycles. The molecule has 0 unspecified atom stereocenters. The smallest absolute Gasteiger partial charge is 0.127 e. The molecular weight excluding hydrogens is 337 g/mol. The summed E-state index contributed by atoms with van der Waals surface area (Å²) in [4.78, 5) is 4.14. The third kappa shape index (κ3) is 2.88. The van der Waals surface area contributed by atoms with Gasteiger partial charge in [-0.25, -0.2) is 4.98 Å². The van der Waals surface area contributed by atoms with Crippen LogP contribution in [0.3, 0.4) is 0 Å². The minimum Gasteiger partial charge on any atom is -0.373 e. The molecule has 2 rings (SSSR count). The van der Waals surface area contributed by atoms with Gasteiger partial charge in [0.1, 0.15) is 5.82 Å². The average molecular weight is 347 g/mol. The Labute approximate surface area is 124 Å². The second kappa shape index (κ2) is 5.78. The molecule has 18 heavy (non-hydrogen) atoms. The van der Waals surface area contributed by atoms with Gasteiger partial charge in [0.2, 0.25) is 0 Å². The highest BCUT2D eigenvalue weighted by Gasteiger charge is 2.08. The van der Waals surface area contributed by atoms with Crippen molar-refractivity contribution in [3.63, 3.8) is 0 Å². The van der Waals surface area contributed by atoms with Crippen molar-refractivity contribution >= 4 is 56.3 Å². The van der Waals surface area contributed by atoms with Gasteiger partial charge in [-0.2, -0.15) is 0 Å². The van der Waals surface area contributed by atoms with Crippen molar-refractivity contribution in [3.8, 4) is 0 Å². The first kappa shape index (κ1) is 13.5. The number of anilines is 3. The fraction of sp³-hybridized carbons (Fsp3) is 0.0833. The zero-order valence-electron chi connectivity index (χ0n) is 9.47. The summed E-state index contributed by atoms with van der Waals surface area (Å²) in [6, 6.07) is 7.44. The number of hydrogen-bond acceptors (Lipinski definition) is 3. The second-order valence-corrected chi connectivity index (χ2v) is 5.14. The van der Waals surface area contributed by atoms with Gasteiger partial charge in [-0.1, -0.05) is 23.2 Å². The van der Waals surface area contributed by atoms with Gasteiger partial charge < -0.3 is 10.6 Å². The minimum atomic E-state index is 0.480. The summed E-state index contributed by atoms with van der Waals surface area (Å²) < 4.78 is 0.769. The summed E-state index contributed by atoms with van der Waals surface area (Å²) in [6.45, 7) is 0. The number of halogens is 3. The van der Waals surface area contributed by atoms with Gasteiger partial charge in [-0.15, -0.1) is 0 Å². The van der Waals surface area contributed by atoms with E-state index in [4.69, 9.17) is 23.2 Å². The lowest BCUT2D eigenvalue weighted by atomic mass is 10.3. The SMILES string of the molecule is CNc1cc(Nc2ccc(Br)c(Cl)c2Cl)ccn1. The van der Waals surface area contributed by atoms with Crippen LogP contribution in [0.2, 0.25) is 10.0 Å². The first-order valence-electron chi connectivity index (χ1n) is 5.16. The van der Waals surface area contributed by atoms with Gasteiger partial charge in [0.15, 0.2) is 0 Å². The molecule has 0 spiro atoms. The van der Waals surface area contributed by atoms with Gasteiger partial charge >= 0.3 is 0 Å². The van der Waals surface area contributed by atoms with Crippen LogP contribution < -0.4 is 10.6 Å². The molecule has 6 heteroatoms. The Balaban J connectivity index is 2.31. The van der Waals surface area contributed by atoms with Crippen LogP contribution in [0.5, 0.6) is 0 Å². The van der Waals surface area contributed by atoms with Crippen molar-refractivity contribution in [1.82, 2.24) is 4.98 Å². The monoisotopic (exact) mass is 345 g/mol. The summed E-state index contributed by atoms with van der Waals surface area (Å²) in [5.41, 5.74) is 1.63. The largest absolute Gasteiger partial charge is 0.373 e. The molecule has 2 N–H and O–H groups in total. The Kier molecular flexibility index (Phi) is 4.32. The molecule has 0 aliphatic heterocycles. The van der Waals surface area contributed by atoms with E-state index in [0.29, 0.717) is 10.0 Å². The second-order valence-electron chi connectivity index (χ2n) is 3.53. The van der Waals surface area contributed by atoms with Crippen LogP contribution in [0.1, 0.15) is 0 Å². The Morgan fingerprint density at radius 2 is 1.94 bits per heavy atom. The number of nitrogens with one attached hydrogen (secondary N) is 2. The van der Waals surface area contributed by atoms with Crippen LogP contribution in [0.25, 0.3) is 0 Å². The predicted octanol–water partition coefficient (Wildman–Crippen LogP) is 4.94. The van der Waals surface area contributed by atoms with E-state index < -0.39 is 0 Å². The molecule has 1 heterocycles. The number of rotatable bonds is 3. The fourth-order valence-electron chi connectivity index (χ4n) is 1.42. The van der Waals surface area contributed by atoms with Crippen molar-refractivity contribution in [3.05, 3.63) is 45.0 Å². The van der Waals surface area contributed by atoms with Gasteiger partial charge in [-0.05, 0) is 34.1 Å². The predicted molar refractivity (Wildman–Crippen MR) is 81.2 cm³/mol. The third-order valence-corrected chi connectivity index (χ3v) is 4.10. The van der Waals surface area contributed by atoms with E-state index in [0.717, 1.165) is 21.7 Å². The summed E-state index contributed by atoms with van der Waals surface area (Å²) >= 11 is 15.6. The highest BCUT2D eigenvalue weighted by atomic mass is 79.9. The van der Waals surface area contributed by atoms with Crippen molar-refractivity contribution in [2.24, 2.45) is 0 Å². The first-order chi connectivity index (χ1) is 8.61. The maximum atomic E-state index is 6.17. The molecule has 0 aliphatic carbocycles. The Morgan fingerprint density at radius 1 is 1.17 bits per heavy atom. The van der Waals surface area contributed by atoms with Crippen LogP contribution in [-0.4, -0.2) is 12.0 Å². The van der Waals surface area contributed by atoms with E-state index in [9.17, 15) is 0 Å². The lowest BCUT2D eigenvalue weighted by Gasteiger charge is -2.11. The zero-order valence-corrected chi connectivity index (χ0v) is 12.6. The normalized spacial score (nSPS) is 10.2. The van der Waals surface area contributed by atoms with Crippen LogP contribution in [0, 0.1) is 0 Å². The standard InChI is InChI=1S/C12H10BrCl2N3/c1-16-10-6-7(4-5-17-10)18-9-3-2-8(13)11(14)12(9)15/h2-6H,1H3,(H2,16,17,18). The molecular formula is C12H10BrCl2N3. The minimum absolute atomic E-state index is 0.480. The van der Waals surface area contributed by atoms with Gasteiger partial charge in [0.25, 0.3) is 0 Å². The summed E-state index contributed by atoms with van der Waals surface area (Å²) in [6.07, 6.45) is 1.71. The van der Waals surface area contributed by atoms with E-state index in [1.54, 1.807) is 6.20 Å². The summed E-state index contributed by atoms with van der Waals surface area (Å²) in [5.74, 6) is 0.777. The Morgan fingerprint density at radius 3 is 2.67 bits per heavy atom. The van der Waals surface area contributed by atoms with Crippen molar-refractivity contribution in [1.29, 1.82) is 0 Å². The molecule has 0 fully saturated rings. The van der Waals surface area contributed by atoms with Gasteiger partial charge in [-0.3, -0.25) is 0 Å². The Bertz CT molecular complexity index is 575. The summed E-state index contributed by atoms with van der Waals surface area (Å²) in [7, 11) is 1.82. The summed E-state index contributed by atoms with van der Waals surface area (Å²) in [5, 5.41) is 7.14. The van der Waals surface area contributed by atoms with Crippen molar-refractivity contribution in [2.75, 3.05) is 17.7 Å². The highest BCUT2D eigenvalue weighted by molar-refractivity contribution is 9.10. The number of aromatic nitrogens is 1. The highest BCUT2D eigenvalue weighted by Crippen LogP contribution is 2.37. The molecule has 0 saturated heterocycles. The van der Waals surface area contributed by atoms with E-state index in [-0.39, 0.29) is 0 Å². The number of benzene rings is 1. The van der Waals surface area contributed by atoms with E-state index >= 15 is 0 Å². The molecule has 1 aromatic carbocycles. The quantitative estimate of drug-likeness (QED) is 0.773. The third-order valence-electron chi connectivity index (χ3n) is 2.33. The number of pyridine rings is 1.